The Hall–Kier alpha value is -2.96. The van der Waals surface area contributed by atoms with Crippen molar-refractivity contribution in [3.8, 4) is 11.5 Å². The fourth-order valence-corrected chi connectivity index (χ4v) is 3.68. The highest BCUT2D eigenvalue weighted by atomic mass is 16.7. The third kappa shape index (κ3) is 5.14. The molecule has 7 heteroatoms. The van der Waals surface area contributed by atoms with Crippen LogP contribution in [0.25, 0.3) is 0 Å². The van der Waals surface area contributed by atoms with Crippen LogP contribution in [-0.4, -0.2) is 37.4 Å². The maximum atomic E-state index is 5.45. The Bertz CT molecular complexity index is 860. The van der Waals surface area contributed by atoms with Gasteiger partial charge < -0.3 is 25.0 Å². The number of piperidine rings is 1. The Labute approximate surface area is 178 Å². The van der Waals surface area contributed by atoms with Crippen LogP contribution in [0.3, 0.4) is 0 Å². The van der Waals surface area contributed by atoms with Crippen LogP contribution < -0.4 is 25.0 Å². The van der Waals surface area contributed by atoms with Crippen LogP contribution in [0, 0.1) is 5.92 Å². The predicted octanol–water partition coefficient (Wildman–Crippen LogP) is 3.30. The second-order valence-electron chi connectivity index (χ2n) is 7.93. The van der Waals surface area contributed by atoms with Gasteiger partial charge in [-0.3, -0.25) is 0 Å². The van der Waals surface area contributed by atoms with Crippen LogP contribution in [0.5, 0.6) is 11.5 Å². The van der Waals surface area contributed by atoms with Gasteiger partial charge in [-0.1, -0.05) is 19.1 Å². The molecule has 2 N–H and O–H groups in total. The molecule has 2 aliphatic rings. The van der Waals surface area contributed by atoms with Gasteiger partial charge in [-0.2, -0.15) is 0 Å². The van der Waals surface area contributed by atoms with E-state index in [0.29, 0.717) is 19.9 Å². The van der Waals surface area contributed by atoms with Gasteiger partial charge in [-0.25, -0.2) is 9.98 Å². The van der Waals surface area contributed by atoms with E-state index in [1.165, 1.54) is 12.8 Å². The molecule has 0 unspecified atom stereocenters. The number of rotatable bonds is 6. The first-order valence-electron chi connectivity index (χ1n) is 10.8. The zero-order valence-corrected chi connectivity index (χ0v) is 17.9. The van der Waals surface area contributed by atoms with E-state index >= 15 is 0 Å². The van der Waals surface area contributed by atoms with Gasteiger partial charge in [0, 0.05) is 32.4 Å². The molecule has 1 aromatic carbocycles. The van der Waals surface area contributed by atoms with Crippen LogP contribution in [-0.2, 0) is 13.1 Å². The lowest BCUT2D eigenvalue weighted by Crippen LogP contribution is -2.36. The van der Waals surface area contributed by atoms with Gasteiger partial charge in [0.1, 0.15) is 5.82 Å². The van der Waals surface area contributed by atoms with Gasteiger partial charge in [-0.15, -0.1) is 0 Å². The summed E-state index contributed by atoms with van der Waals surface area (Å²) in [6.07, 6.45) is 4.43. The number of benzene rings is 1. The molecule has 7 nitrogen and oxygen atoms in total. The number of guanidine groups is 1. The Morgan fingerprint density at radius 3 is 2.67 bits per heavy atom. The molecule has 0 bridgehead atoms. The molecule has 0 amide bonds. The van der Waals surface area contributed by atoms with Gasteiger partial charge in [-0.05, 0) is 55.0 Å². The lowest BCUT2D eigenvalue weighted by molar-refractivity contribution is 0.174. The molecule has 2 aromatic rings. The molecule has 1 aromatic heterocycles. The standard InChI is InChI=1S/C23H31N5O2/c1-3-24-23(26-13-18-4-6-20-21(12-18)30-16-29-20)27-15-19-5-7-22(25-14-19)28-10-8-17(2)9-11-28/h4-7,12,14,17H,3,8-11,13,15-16H2,1-2H3,(H2,24,26,27). The summed E-state index contributed by atoms with van der Waals surface area (Å²) < 4.78 is 10.8. The molecule has 0 saturated carbocycles. The van der Waals surface area contributed by atoms with E-state index in [0.717, 1.165) is 60.0 Å². The van der Waals surface area contributed by atoms with Crippen molar-refractivity contribution in [1.82, 2.24) is 15.6 Å². The zero-order chi connectivity index (χ0) is 20.8. The van der Waals surface area contributed by atoms with E-state index in [-0.39, 0.29) is 0 Å². The first-order chi connectivity index (χ1) is 14.7. The molecule has 0 atom stereocenters. The summed E-state index contributed by atoms with van der Waals surface area (Å²) in [6, 6.07) is 10.2. The van der Waals surface area contributed by atoms with Gasteiger partial charge in [0.2, 0.25) is 6.79 Å². The highest BCUT2D eigenvalue weighted by Gasteiger charge is 2.16. The van der Waals surface area contributed by atoms with Crippen molar-refractivity contribution >= 4 is 11.8 Å². The maximum Gasteiger partial charge on any atom is 0.231 e. The number of aromatic nitrogens is 1. The number of anilines is 1. The van der Waals surface area contributed by atoms with Crippen LogP contribution >= 0.6 is 0 Å². The highest BCUT2D eigenvalue weighted by Crippen LogP contribution is 2.32. The molecule has 0 aliphatic carbocycles. The van der Waals surface area contributed by atoms with Crippen molar-refractivity contribution in [3.63, 3.8) is 0 Å². The predicted molar refractivity (Wildman–Crippen MR) is 119 cm³/mol. The van der Waals surface area contributed by atoms with Gasteiger partial charge in [0.05, 0.1) is 6.54 Å². The molecule has 160 valence electrons. The Kier molecular flexibility index (Phi) is 6.57. The fraction of sp³-hybridized carbons (Fsp3) is 0.478. The molecule has 4 rings (SSSR count). The SMILES string of the molecule is CCNC(=NCc1ccc(N2CCC(C)CC2)nc1)NCc1ccc2c(c1)OCO2. The second kappa shape index (κ2) is 9.69. The van der Waals surface area contributed by atoms with E-state index in [1.54, 1.807) is 0 Å². The van der Waals surface area contributed by atoms with Crippen molar-refractivity contribution in [2.45, 2.75) is 39.8 Å². The summed E-state index contributed by atoms with van der Waals surface area (Å²) in [4.78, 5) is 11.8. The average Bonchev–Trinajstić information content (AvgIpc) is 3.24. The van der Waals surface area contributed by atoms with Crippen molar-refractivity contribution in [2.75, 3.05) is 31.3 Å². The minimum atomic E-state index is 0.292. The number of pyridine rings is 1. The van der Waals surface area contributed by atoms with E-state index in [9.17, 15) is 0 Å². The monoisotopic (exact) mass is 409 g/mol. The summed E-state index contributed by atoms with van der Waals surface area (Å²) in [7, 11) is 0. The minimum absolute atomic E-state index is 0.292. The van der Waals surface area contributed by atoms with E-state index < -0.39 is 0 Å². The third-order valence-corrected chi connectivity index (χ3v) is 5.58. The summed E-state index contributed by atoms with van der Waals surface area (Å²) in [5.41, 5.74) is 2.22. The molecular weight excluding hydrogens is 378 g/mol. The first-order valence-corrected chi connectivity index (χ1v) is 10.8. The maximum absolute atomic E-state index is 5.45. The van der Waals surface area contributed by atoms with E-state index in [4.69, 9.17) is 14.5 Å². The van der Waals surface area contributed by atoms with Crippen LogP contribution in [0.15, 0.2) is 41.5 Å². The zero-order valence-electron chi connectivity index (χ0n) is 17.9. The quantitative estimate of drug-likeness (QED) is 0.564. The number of ether oxygens (including phenoxy) is 2. The van der Waals surface area contributed by atoms with Gasteiger partial charge in [0.15, 0.2) is 17.5 Å². The third-order valence-electron chi connectivity index (χ3n) is 5.58. The number of fused-ring (bicyclic) bond motifs is 1. The minimum Gasteiger partial charge on any atom is -0.454 e. The molecule has 30 heavy (non-hydrogen) atoms. The first kappa shape index (κ1) is 20.3. The summed E-state index contributed by atoms with van der Waals surface area (Å²) >= 11 is 0. The topological polar surface area (TPSA) is 71.0 Å². The van der Waals surface area contributed by atoms with Crippen LogP contribution in [0.1, 0.15) is 37.8 Å². The van der Waals surface area contributed by atoms with Crippen LogP contribution in [0.2, 0.25) is 0 Å². The summed E-state index contributed by atoms with van der Waals surface area (Å²) in [5, 5.41) is 6.68. The lowest BCUT2D eigenvalue weighted by atomic mass is 9.99. The fourth-order valence-electron chi connectivity index (χ4n) is 3.68. The molecule has 0 radical (unpaired) electrons. The van der Waals surface area contributed by atoms with Crippen molar-refractivity contribution in [2.24, 2.45) is 10.9 Å². The number of hydrogen-bond acceptors (Lipinski definition) is 5. The highest BCUT2D eigenvalue weighted by molar-refractivity contribution is 5.79. The second-order valence-corrected chi connectivity index (χ2v) is 7.93. The largest absolute Gasteiger partial charge is 0.454 e. The Morgan fingerprint density at radius 2 is 1.90 bits per heavy atom. The normalized spacial score (nSPS) is 16.6. The van der Waals surface area contributed by atoms with E-state index in [2.05, 4.69) is 46.5 Å². The van der Waals surface area contributed by atoms with E-state index in [1.807, 2.05) is 24.4 Å². The van der Waals surface area contributed by atoms with Crippen LogP contribution in [0.4, 0.5) is 5.82 Å². The number of aliphatic imine (C=N–C) groups is 1. The molecule has 1 saturated heterocycles. The molecular formula is C23H31N5O2. The summed E-state index contributed by atoms with van der Waals surface area (Å²) in [6.45, 7) is 8.92. The molecule has 0 spiro atoms. The molecule has 2 aliphatic heterocycles. The van der Waals surface area contributed by atoms with Gasteiger partial charge >= 0.3 is 0 Å². The molecule has 1 fully saturated rings. The summed E-state index contributed by atoms with van der Waals surface area (Å²) in [5.74, 6) is 4.27. The smallest absolute Gasteiger partial charge is 0.231 e. The number of nitrogens with one attached hydrogen (secondary N) is 2. The molecule has 3 heterocycles. The number of hydrogen-bond donors (Lipinski definition) is 2. The van der Waals surface area contributed by atoms with Crippen molar-refractivity contribution in [3.05, 3.63) is 47.7 Å². The average molecular weight is 410 g/mol. The lowest BCUT2D eigenvalue weighted by Gasteiger charge is -2.31. The number of nitrogens with zero attached hydrogens (tertiary/aromatic N) is 3. The van der Waals surface area contributed by atoms with Gasteiger partial charge in [0.25, 0.3) is 0 Å². The Morgan fingerprint density at radius 1 is 1.10 bits per heavy atom. The van der Waals surface area contributed by atoms with Crippen molar-refractivity contribution in [1.29, 1.82) is 0 Å². The Balaban J connectivity index is 1.33. The van der Waals surface area contributed by atoms with Crippen molar-refractivity contribution < 1.29 is 9.47 Å².